The summed E-state index contributed by atoms with van der Waals surface area (Å²) in [5.74, 6) is 0. The molecule has 0 amide bonds. The first-order valence-electron chi connectivity index (χ1n) is 3.85. The van der Waals surface area contributed by atoms with Crippen molar-refractivity contribution >= 4 is 12.6 Å². The van der Waals surface area contributed by atoms with E-state index in [2.05, 4.69) is 24.8 Å². The molecule has 1 aromatic rings. The van der Waals surface area contributed by atoms with Gasteiger partial charge in [0.15, 0.2) is 0 Å². The zero-order valence-corrected chi connectivity index (χ0v) is 7.14. The van der Waals surface area contributed by atoms with Gasteiger partial charge in [-0.25, -0.2) is 0 Å². The van der Waals surface area contributed by atoms with Crippen LogP contribution in [0, 0.1) is 0 Å². The zero-order chi connectivity index (χ0) is 7.84. The van der Waals surface area contributed by atoms with E-state index in [0.717, 1.165) is 17.7 Å². The van der Waals surface area contributed by atoms with Crippen LogP contribution in [-0.2, 0) is 6.42 Å². The van der Waals surface area contributed by atoms with Crippen molar-refractivity contribution < 1.29 is 0 Å². The Morgan fingerprint density at radius 3 is 3.09 bits per heavy atom. The van der Waals surface area contributed by atoms with Gasteiger partial charge in [-0.3, -0.25) is 0 Å². The van der Waals surface area contributed by atoms with E-state index in [-0.39, 0.29) is 6.04 Å². The summed E-state index contributed by atoms with van der Waals surface area (Å²) in [6.45, 7) is 0. The van der Waals surface area contributed by atoms with E-state index < -0.39 is 0 Å². The zero-order valence-electron chi connectivity index (χ0n) is 6.25. The molecular weight excluding hydrogens is 154 g/mol. The number of benzene rings is 1. The largest absolute Gasteiger partial charge is 0.324 e. The second kappa shape index (κ2) is 2.54. The lowest BCUT2D eigenvalue weighted by atomic mass is 10.1. The summed E-state index contributed by atoms with van der Waals surface area (Å²) in [5.41, 5.74) is 8.57. The first kappa shape index (κ1) is 7.19. The molecule has 0 spiro atoms. The Morgan fingerprint density at radius 1 is 1.45 bits per heavy atom. The Hall–Kier alpha value is -0.470. The fourth-order valence-electron chi connectivity index (χ4n) is 1.62. The van der Waals surface area contributed by atoms with Crippen molar-refractivity contribution in [3.63, 3.8) is 0 Å². The normalized spacial score (nSPS) is 21.8. The van der Waals surface area contributed by atoms with Gasteiger partial charge in [-0.1, -0.05) is 6.07 Å². The van der Waals surface area contributed by atoms with Crippen LogP contribution >= 0.6 is 12.6 Å². The van der Waals surface area contributed by atoms with Crippen molar-refractivity contribution in [2.75, 3.05) is 0 Å². The second-order valence-corrected chi connectivity index (χ2v) is 3.54. The molecule has 0 aliphatic heterocycles. The summed E-state index contributed by atoms with van der Waals surface area (Å²) in [6, 6.07) is 6.48. The lowest BCUT2D eigenvalue weighted by Crippen LogP contribution is -2.04. The van der Waals surface area contributed by atoms with Crippen molar-refractivity contribution in [2.24, 2.45) is 5.73 Å². The van der Waals surface area contributed by atoms with Gasteiger partial charge in [0.25, 0.3) is 0 Å². The third kappa shape index (κ3) is 1.17. The highest BCUT2D eigenvalue weighted by Gasteiger charge is 2.17. The van der Waals surface area contributed by atoms with Crippen molar-refractivity contribution in [3.05, 3.63) is 29.3 Å². The third-order valence-corrected chi connectivity index (χ3v) is 2.53. The Balaban J connectivity index is 2.52. The van der Waals surface area contributed by atoms with Crippen molar-refractivity contribution in [2.45, 2.75) is 23.8 Å². The van der Waals surface area contributed by atoms with Crippen LogP contribution in [0.15, 0.2) is 23.1 Å². The molecule has 1 aliphatic carbocycles. The number of nitrogens with two attached hydrogens (primary N) is 1. The number of hydrogen-bond donors (Lipinski definition) is 2. The summed E-state index contributed by atoms with van der Waals surface area (Å²) in [6.07, 6.45) is 2.22. The molecule has 0 radical (unpaired) electrons. The minimum Gasteiger partial charge on any atom is -0.324 e. The summed E-state index contributed by atoms with van der Waals surface area (Å²) in [7, 11) is 0. The maximum atomic E-state index is 5.88. The first-order valence-corrected chi connectivity index (χ1v) is 4.29. The van der Waals surface area contributed by atoms with E-state index in [1.165, 1.54) is 11.1 Å². The van der Waals surface area contributed by atoms with Crippen LogP contribution in [0.4, 0.5) is 0 Å². The summed E-state index contributed by atoms with van der Waals surface area (Å²) in [5, 5.41) is 0. The van der Waals surface area contributed by atoms with Crippen molar-refractivity contribution in [3.8, 4) is 0 Å². The van der Waals surface area contributed by atoms with Gasteiger partial charge in [0, 0.05) is 10.9 Å². The van der Waals surface area contributed by atoms with Gasteiger partial charge >= 0.3 is 0 Å². The van der Waals surface area contributed by atoms with Gasteiger partial charge in [0.2, 0.25) is 0 Å². The highest BCUT2D eigenvalue weighted by atomic mass is 32.1. The number of thiol groups is 1. The Morgan fingerprint density at radius 2 is 2.27 bits per heavy atom. The lowest BCUT2D eigenvalue weighted by Gasteiger charge is -2.04. The smallest absolute Gasteiger partial charge is 0.0301 e. The van der Waals surface area contributed by atoms with Gasteiger partial charge < -0.3 is 5.73 Å². The lowest BCUT2D eigenvalue weighted by molar-refractivity contribution is 0.712. The molecule has 0 fully saturated rings. The molecule has 2 N–H and O–H groups in total. The first-order chi connectivity index (χ1) is 5.27. The van der Waals surface area contributed by atoms with Crippen LogP contribution in [0.25, 0.3) is 0 Å². The van der Waals surface area contributed by atoms with Gasteiger partial charge in [0.05, 0.1) is 0 Å². The fraction of sp³-hybridized carbons (Fsp3) is 0.333. The average molecular weight is 165 g/mol. The van der Waals surface area contributed by atoms with Crippen LogP contribution in [0.5, 0.6) is 0 Å². The van der Waals surface area contributed by atoms with E-state index in [1.54, 1.807) is 0 Å². The Labute approximate surface area is 72.0 Å². The van der Waals surface area contributed by atoms with E-state index in [4.69, 9.17) is 5.73 Å². The highest BCUT2D eigenvalue weighted by molar-refractivity contribution is 7.80. The third-order valence-electron chi connectivity index (χ3n) is 2.25. The highest BCUT2D eigenvalue weighted by Crippen LogP contribution is 2.30. The molecule has 2 heteroatoms. The van der Waals surface area contributed by atoms with Crippen LogP contribution in [0.3, 0.4) is 0 Å². The summed E-state index contributed by atoms with van der Waals surface area (Å²) in [4.78, 5) is 1.01. The standard InChI is InChI=1S/C9H11NS/c10-9-4-2-6-1-3-7(11)5-8(6)9/h1,3,5,9,11H,2,4,10H2/t9-/m1/s1. The van der Waals surface area contributed by atoms with Gasteiger partial charge in [-0.05, 0) is 36.1 Å². The van der Waals surface area contributed by atoms with E-state index in [9.17, 15) is 0 Å². The molecule has 2 rings (SSSR count). The minimum absolute atomic E-state index is 0.247. The molecule has 0 saturated heterocycles. The van der Waals surface area contributed by atoms with E-state index in [0.29, 0.717) is 0 Å². The maximum absolute atomic E-state index is 5.88. The Bertz CT molecular complexity index is 283. The number of fused-ring (bicyclic) bond motifs is 1. The molecule has 0 unspecified atom stereocenters. The minimum atomic E-state index is 0.247. The molecule has 0 aromatic heterocycles. The second-order valence-electron chi connectivity index (χ2n) is 3.03. The fourth-order valence-corrected chi connectivity index (χ4v) is 1.84. The van der Waals surface area contributed by atoms with Gasteiger partial charge in [-0.15, -0.1) is 12.6 Å². The molecule has 0 heterocycles. The topological polar surface area (TPSA) is 26.0 Å². The maximum Gasteiger partial charge on any atom is 0.0301 e. The molecule has 11 heavy (non-hydrogen) atoms. The van der Waals surface area contributed by atoms with Gasteiger partial charge in [-0.2, -0.15) is 0 Å². The summed E-state index contributed by atoms with van der Waals surface area (Å²) >= 11 is 4.27. The quantitative estimate of drug-likeness (QED) is 0.564. The van der Waals surface area contributed by atoms with Crippen molar-refractivity contribution in [1.82, 2.24) is 0 Å². The van der Waals surface area contributed by atoms with Crippen LogP contribution in [-0.4, -0.2) is 0 Å². The Kier molecular flexibility index (Phi) is 1.66. The molecule has 58 valence electrons. The molecule has 1 aliphatic rings. The number of hydrogen-bond acceptors (Lipinski definition) is 2. The van der Waals surface area contributed by atoms with Crippen LogP contribution in [0.2, 0.25) is 0 Å². The molecule has 0 saturated carbocycles. The number of rotatable bonds is 0. The summed E-state index contributed by atoms with van der Waals surface area (Å²) < 4.78 is 0. The van der Waals surface area contributed by atoms with Crippen LogP contribution < -0.4 is 5.73 Å². The van der Waals surface area contributed by atoms with Gasteiger partial charge in [0.1, 0.15) is 0 Å². The molecule has 0 bridgehead atoms. The molecular formula is C9H11NS. The van der Waals surface area contributed by atoms with Crippen LogP contribution in [0.1, 0.15) is 23.6 Å². The van der Waals surface area contributed by atoms with E-state index >= 15 is 0 Å². The van der Waals surface area contributed by atoms with Crippen molar-refractivity contribution in [1.29, 1.82) is 0 Å². The number of aryl methyl sites for hydroxylation is 1. The SMILES string of the molecule is N[C@@H]1CCc2ccc(S)cc21. The average Bonchev–Trinajstić information content (AvgIpc) is 2.33. The predicted molar refractivity (Wildman–Crippen MR) is 48.9 cm³/mol. The molecule has 1 atom stereocenters. The molecule has 1 aromatic carbocycles. The monoisotopic (exact) mass is 165 g/mol. The molecule has 1 nitrogen and oxygen atoms in total. The predicted octanol–water partition coefficient (Wildman–Crippen LogP) is 1.92. The van der Waals surface area contributed by atoms with E-state index in [1.807, 2.05) is 6.07 Å².